The third kappa shape index (κ3) is 3.96. The average molecular weight is 342 g/mol. The molecule has 2 N–H and O–H groups in total. The third-order valence-corrected chi connectivity index (χ3v) is 3.52. The number of nitrogens with zero attached hydrogens (tertiary/aromatic N) is 2. The summed E-state index contributed by atoms with van der Waals surface area (Å²) in [6.07, 6.45) is -0.722. The van der Waals surface area contributed by atoms with Gasteiger partial charge in [0.1, 0.15) is 5.75 Å². The Kier molecular flexibility index (Phi) is 5.27. The van der Waals surface area contributed by atoms with Crippen LogP contribution >= 0.6 is 0 Å². The monoisotopic (exact) mass is 342 g/mol. The summed E-state index contributed by atoms with van der Waals surface area (Å²) in [5.74, 6) is -0.0712. The van der Waals surface area contributed by atoms with Gasteiger partial charge in [-0.3, -0.25) is 0 Å². The number of aliphatic hydroxyl groups is 1. The number of hydrogen-bond acceptors (Lipinski definition) is 6. The summed E-state index contributed by atoms with van der Waals surface area (Å²) < 4.78 is 5.50. The van der Waals surface area contributed by atoms with Crippen LogP contribution in [0.4, 0.5) is 5.69 Å². The number of amidine groups is 1. The van der Waals surface area contributed by atoms with Gasteiger partial charge in [-0.25, -0.2) is 19.7 Å². The Bertz CT molecular complexity index is 746. The molecule has 0 saturated carbocycles. The van der Waals surface area contributed by atoms with E-state index in [1.165, 1.54) is 5.06 Å². The molecule has 1 heterocycles. The highest BCUT2D eigenvalue weighted by Gasteiger charge is 2.33. The maximum Gasteiger partial charge on any atom is 0.358 e. The fraction of sp³-hybridized carbons (Fsp3) is 0.222. The van der Waals surface area contributed by atoms with Crippen molar-refractivity contribution in [1.29, 1.82) is 0 Å². The number of aliphatic hydroxyl groups excluding tert-OH is 1. The van der Waals surface area contributed by atoms with E-state index in [2.05, 4.69) is 4.99 Å². The van der Waals surface area contributed by atoms with Gasteiger partial charge in [0, 0.05) is 18.6 Å². The van der Waals surface area contributed by atoms with Crippen molar-refractivity contribution < 1.29 is 24.6 Å². The quantitative estimate of drug-likeness (QED) is 0.749. The zero-order valence-electron chi connectivity index (χ0n) is 13.4. The maximum absolute atomic E-state index is 11.3. The first kappa shape index (κ1) is 16.9. The molecule has 2 aromatic rings. The minimum atomic E-state index is -1.28. The van der Waals surface area contributed by atoms with E-state index in [4.69, 9.17) is 14.7 Å². The Balaban J connectivity index is 1.84. The molecule has 0 aliphatic carbocycles. The highest BCUT2D eigenvalue weighted by molar-refractivity contribution is 6.10. The molecule has 0 aromatic heterocycles. The van der Waals surface area contributed by atoms with E-state index in [0.29, 0.717) is 35.9 Å². The van der Waals surface area contributed by atoms with Crippen molar-refractivity contribution in [3.05, 3.63) is 60.2 Å². The number of para-hydroxylation sites is 1. The van der Waals surface area contributed by atoms with Crippen molar-refractivity contribution in [2.45, 2.75) is 12.6 Å². The lowest BCUT2D eigenvalue weighted by molar-refractivity contribution is -0.148. The smallest absolute Gasteiger partial charge is 0.358 e. The van der Waals surface area contributed by atoms with Gasteiger partial charge in [0.05, 0.1) is 12.3 Å². The maximum atomic E-state index is 11.3. The van der Waals surface area contributed by atoms with Crippen molar-refractivity contribution in [1.82, 2.24) is 0 Å². The third-order valence-electron chi connectivity index (χ3n) is 3.52. The van der Waals surface area contributed by atoms with E-state index < -0.39 is 12.2 Å². The van der Waals surface area contributed by atoms with E-state index in [1.54, 1.807) is 24.3 Å². The predicted octanol–water partition coefficient (Wildman–Crippen LogP) is 2.06. The molecule has 1 aliphatic heterocycles. The second-order valence-electron chi connectivity index (χ2n) is 5.33. The summed E-state index contributed by atoms with van der Waals surface area (Å²) in [5, 5.41) is 19.4. The lowest BCUT2D eigenvalue weighted by Gasteiger charge is -2.19. The minimum absolute atomic E-state index is 0.0782. The SMILES string of the molecule is O=C(O)C1N=C(c2ccc(OCCCO)cc2)N(c2ccccc2)O1. The van der Waals surface area contributed by atoms with Crippen LogP contribution in [0.5, 0.6) is 5.75 Å². The molecule has 0 bridgehead atoms. The number of carboxylic acid groups (broad SMARTS) is 1. The van der Waals surface area contributed by atoms with Gasteiger partial charge >= 0.3 is 5.97 Å². The molecular weight excluding hydrogens is 324 g/mol. The van der Waals surface area contributed by atoms with Crippen LogP contribution < -0.4 is 9.80 Å². The molecule has 25 heavy (non-hydrogen) atoms. The summed E-state index contributed by atoms with van der Waals surface area (Å²) in [6.45, 7) is 0.506. The first-order chi connectivity index (χ1) is 12.2. The van der Waals surface area contributed by atoms with Gasteiger partial charge in [-0.2, -0.15) is 0 Å². The number of rotatable bonds is 7. The summed E-state index contributed by atoms with van der Waals surface area (Å²) in [6, 6.07) is 16.3. The van der Waals surface area contributed by atoms with E-state index in [1.807, 2.05) is 30.3 Å². The molecule has 130 valence electrons. The molecule has 3 rings (SSSR count). The molecule has 1 unspecified atom stereocenters. The van der Waals surface area contributed by atoms with Gasteiger partial charge in [-0.15, -0.1) is 0 Å². The van der Waals surface area contributed by atoms with E-state index in [-0.39, 0.29) is 6.61 Å². The summed E-state index contributed by atoms with van der Waals surface area (Å²) in [5.41, 5.74) is 1.40. The normalized spacial score (nSPS) is 16.6. The van der Waals surface area contributed by atoms with Crippen LogP contribution in [0.15, 0.2) is 59.6 Å². The van der Waals surface area contributed by atoms with Gasteiger partial charge in [0.25, 0.3) is 6.23 Å². The van der Waals surface area contributed by atoms with Crippen molar-refractivity contribution in [2.75, 3.05) is 18.3 Å². The van der Waals surface area contributed by atoms with Crippen molar-refractivity contribution in [2.24, 2.45) is 4.99 Å². The topological polar surface area (TPSA) is 91.6 Å². The molecule has 7 heteroatoms. The van der Waals surface area contributed by atoms with Gasteiger partial charge < -0.3 is 14.9 Å². The summed E-state index contributed by atoms with van der Waals surface area (Å²) in [4.78, 5) is 20.9. The van der Waals surface area contributed by atoms with Crippen molar-refractivity contribution >= 4 is 17.5 Å². The Morgan fingerprint density at radius 3 is 2.52 bits per heavy atom. The molecule has 0 amide bonds. The number of hydrogen-bond donors (Lipinski definition) is 2. The van der Waals surface area contributed by atoms with Crippen molar-refractivity contribution in [3.63, 3.8) is 0 Å². The van der Waals surface area contributed by atoms with Gasteiger partial charge in [0.2, 0.25) is 0 Å². The van der Waals surface area contributed by atoms with Crippen LogP contribution in [0.2, 0.25) is 0 Å². The number of aliphatic carboxylic acids is 1. The number of carbonyl (C=O) groups is 1. The van der Waals surface area contributed by atoms with Gasteiger partial charge in [-0.1, -0.05) is 18.2 Å². The Labute approximate surface area is 144 Å². The molecular formula is C18H18N2O5. The fourth-order valence-electron chi connectivity index (χ4n) is 2.33. The largest absolute Gasteiger partial charge is 0.494 e. The molecule has 1 atom stereocenters. The first-order valence-corrected chi connectivity index (χ1v) is 7.85. The fourth-order valence-corrected chi connectivity index (χ4v) is 2.33. The lowest BCUT2D eigenvalue weighted by atomic mass is 10.2. The first-order valence-electron chi connectivity index (χ1n) is 7.85. The second kappa shape index (κ2) is 7.78. The standard InChI is InChI=1S/C18H18N2O5/c21-11-4-12-24-15-9-7-13(8-10-15)16-19-17(18(22)23)25-20(16)14-5-2-1-3-6-14/h1-3,5-10,17,21H,4,11-12H2,(H,22,23). The van der Waals surface area contributed by atoms with Crippen LogP contribution in [0.25, 0.3) is 0 Å². The van der Waals surface area contributed by atoms with E-state index in [0.717, 1.165) is 0 Å². The highest BCUT2D eigenvalue weighted by atomic mass is 16.7. The Hall–Kier alpha value is -2.90. The van der Waals surface area contributed by atoms with Crippen LogP contribution in [0, 0.1) is 0 Å². The minimum Gasteiger partial charge on any atom is -0.494 e. The number of benzene rings is 2. The van der Waals surface area contributed by atoms with Crippen LogP contribution in [-0.4, -0.2) is 41.5 Å². The Morgan fingerprint density at radius 1 is 1.16 bits per heavy atom. The zero-order chi connectivity index (χ0) is 17.6. The predicted molar refractivity (Wildman–Crippen MR) is 91.6 cm³/mol. The molecule has 0 fully saturated rings. The lowest BCUT2D eigenvalue weighted by Crippen LogP contribution is -2.29. The Morgan fingerprint density at radius 2 is 1.88 bits per heavy atom. The molecule has 0 radical (unpaired) electrons. The van der Waals surface area contributed by atoms with E-state index >= 15 is 0 Å². The van der Waals surface area contributed by atoms with Gasteiger partial charge in [-0.05, 0) is 36.4 Å². The number of carboxylic acids is 1. The van der Waals surface area contributed by atoms with Crippen LogP contribution in [-0.2, 0) is 9.63 Å². The average Bonchev–Trinajstić information content (AvgIpc) is 3.09. The van der Waals surface area contributed by atoms with Crippen LogP contribution in [0.1, 0.15) is 12.0 Å². The molecule has 0 spiro atoms. The molecule has 7 nitrogen and oxygen atoms in total. The molecule has 2 aromatic carbocycles. The number of hydroxylamine groups is 1. The number of anilines is 1. The number of ether oxygens (including phenoxy) is 1. The summed E-state index contributed by atoms with van der Waals surface area (Å²) in [7, 11) is 0. The second-order valence-corrected chi connectivity index (χ2v) is 5.33. The highest BCUT2D eigenvalue weighted by Crippen LogP contribution is 2.25. The van der Waals surface area contributed by atoms with Crippen molar-refractivity contribution in [3.8, 4) is 5.75 Å². The zero-order valence-corrected chi connectivity index (χ0v) is 13.4. The van der Waals surface area contributed by atoms with Gasteiger partial charge in [0.15, 0.2) is 5.84 Å². The van der Waals surface area contributed by atoms with Crippen LogP contribution in [0.3, 0.4) is 0 Å². The van der Waals surface area contributed by atoms with E-state index in [9.17, 15) is 9.90 Å². The molecule has 0 saturated heterocycles. The molecule has 1 aliphatic rings. The number of aliphatic imine (C=N–C) groups is 1. The summed E-state index contributed by atoms with van der Waals surface area (Å²) >= 11 is 0.